The SMILES string of the molecule is O=[N+]([O-])c1cc(S(=O)(=O)N2CC(O)(C3CC3)C2)ccc1O. The van der Waals surface area contributed by atoms with E-state index < -0.39 is 32.0 Å². The van der Waals surface area contributed by atoms with Crippen molar-refractivity contribution in [3.8, 4) is 5.75 Å². The fourth-order valence-corrected chi connectivity index (χ4v) is 4.16. The molecule has 1 heterocycles. The maximum atomic E-state index is 12.3. The van der Waals surface area contributed by atoms with Crippen molar-refractivity contribution in [1.29, 1.82) is 0 Å². The number of nitro groups is 1. The predicted molar refractivity (Wildman–Crippen MR) is 71.2 cm³/mol. The second-order valence-electron chi connectivity index (χ2n) is 5.56. The molecule has 0 bridgehead atoms. The van der Waals surface area contributed by atoms with Crippen LogP contribution < -0.4 is 0 Å². The number of nitrogens with zero attached hydrogens (tertiary/aromatic N) is 2. The van der Waals surface area contributed by atoms with Crippen molar-refractivity contribution >= 4 is 15.7 Å². The molecule has 1 aliphatic carbocycles. The van der Waals surface area contributed by atoms with E-state index in [2.05, 4.69) is 0 Å². The second kappa shape index (κ2) is 4.39. The summed E-state index contributed by atoms with van der Waals surface area (Å²) in [5, 5.41) is 30.3. The number of phenolic OH excluding ortho intramolecular Hbond substituents is 1. The summed E-state index contributed by atoms with van der Waals surface area (Å²) in [6.45, 7) is 0.0172. The van der Waals surface area contributed by atoms with E-state index in [0.29, 0.717) is 0 Å². The van der Waals surface area contributed by atoms with E-state index in [-0.39, 0.29) is 23.9 Å². The minimum Gasteiger partial charge on any atom is -0.502 e. The molecule has 0 atom stereocenters. The lowest BCUT2D eigenvalue weighted by Gasteiger charge is -2.45. The maximum absolute atomic E-state index is 12.3. The zero-order valence-corrected chi connectivity index (χ0v) is 11.8. The summed E-state index contributed by atoms with van der Waals surface area (Å²) in [6, 6.07) is 2.93. The molecule has 21 heavy (non-hydrogen) atoms. The van der Waals surface area contributed by atoms with Crippen molar-refractivity contribution in [2.45, 2.75) is 23.3 Å². The largest absolute Gasteiger partial charge is 0.502 e. The molecule has 0 spiro atoms. The summed E-state index contributed by atoms with van der Waals surface area (Å²) in [5.41, 5.74) is -1.62. The van der Waals surface area contributed by atoms with Gasteiger partial charge in [-0.25, -0.2) is 8.42 Å². The number of nitro benzene ring substituents is 1. The van der Waals surface area contributed by atoms with E-state index in [4.69, 9.17) is 0 Å². The highest BCUT2D eigenvalue weighted by atomic mass is 32.2. The fraction of sp³-hybridized carbons (Fsp3) is 0.500. The Kier molecular flexibility index (Phi) is 2.98. The first-order valence-electron chi connectivity index (χ1n) is 6.44. The van der Waals surface area contributed by atoms with Crippen molar-refractivity contribution < 1.29 is 23.6 Å². The van der Waals surface area contributed by atoms with Crippen LogP contribution in [-0.2, 0) is 10.0 Å². The summed E-state index contributed by atoms with van der Waals surface area (Å²) >= 11 is 0. The van der Waals surface area contributed by atoms with Gasteiger partial charge in [-0.3, -0.25) is 10.1 Å². The van der Waals surface area contributed by atoms with E-state index in [1.165, 1.54) is 0 Å². The van der Waals surface area contributed by atoms with Crippen LogP contribution in [0.1, 0.15) is 12.8 Å². The molecule has 1 saturated carbocycles. The molecule has 114 valence electrons. The molecule has 0 radical (unpaired) electrons. The van der Waals surface area contributed by atoms with Gasteiger partial charge in [0.2, 0.25) is 10.0 Å². The molecule has 9 heteroatoms. The van der Waals surface area contributed by atoms with Crippen molar-refractivity contribution in [3.63, 3.8) is 0 Å². The van der Waals surface area contributed by atoms with Gasteiger partial charge in [0.1, 0.15) is 0 Å². The molecule has 3 rings (SSSR count). The molecule has 0 unspecified atom stereocenters. The minimum atomic E-state index is -3.89. The summed E-state index contributed by atoms with van der Waals surface area (Å²) in [5.74, 6) is -0.435. The van der Waals surface area contributed by atoms with Gasteiger partial charge in [-0.15, -0.1) is 0 Å². The smallest absolute Gasteiger partial charge is 0.312 e. The monoisotopic (exact) mass is 314 g/mol. The molecule has 2 aliphatic rings. The number of benzene rings is 1. The Hall–Kier alpha value is -1.71. The Balaban J connectivity index is 1.86. The highest BCUT2D eigenvalue weighted by molar-refractivity contribution is 7.89. The highest BCUT2D eigenvalue weighted by Gasteiger charge is 2.55. The quantitative estimate of drug-likeness (QED) is 0.614. The Morgan fingerprint density at radius 1 is 1.33 bits per heavy atom. The van der Waals surface area contributed by atoms with Crippen LogP contribution in [0.2, 0.25) is 0 Å². The first-order valence-corrected chi connectivity index (χ1v) is 7.88. The van der Waals surface area contributed by atoms with Gasteiger partial charge in [-0.05, 0) is 30.9 Å². The lowest BCUT2D eigenvalue weighted by molar-refractivity contribution is -0.386. The number of aliphatic hydroxyl groups is 1. The molecular weight excluding hydrogens is 300 g/mol. The summed E-state index contributed by atoms with van der Waals surface area (Å²) in [6.07, 6.45) is 1.80. The molecule has 1 aromatic carbocycles. The molecule has 0 amide bonds. The van der Waals surface area contributed by atoms with E-state index in [1.54, 1.807) is 0 Å². The van der Waals surface area contributed by atoms with Crippen LogP contribution in [0.15, 0.2) is 23.1 Å². The summed E-state index contributed by atoms with van der Waals surface area (Å²) < 4.78 is 25.8. The molecule has 1 aliphatic heterocycles. The normalized spacial score (nSPS) is 21.8. The van der Waals surface area contributed by atoms with Gasteiger partial charge in [0, 0.05) is 19.2 Å². The van der Waals surface area contributed by atoms with Crippen LogP contribution in [-0.4, -0.2) is 46.5 Å². The van der Waals surface area contributed by atoms with Crippen molar-refractivity contribution in [2.24, 2.45) is 5.92 Å². The number of rotatable bonds is 4. The van der Waals surface area contributed by atoms with E-state index >= 15 is 0 Å². The standard InChI is InChI=1S/C12H14N2O6S/c15-11-4-3-9(5-10(11)14(17)18)21(19,20)13-6-12(16,7-13)8-1-2-8/h3-5,8,15-16H,1-2,6-7H2. The topological polar surface area (TPSA) is 121 Å². The van der Waals surface area contributed by atoms with Gasteiger partial charge in [-0.1, -0.05) is 0 Å². The van der Waals surface area contributed by atoms with Gasteiger partial charge < -0.3 is 10.2 Å². The number of hydrogen-bond donors (Lipinski definition) is 2. The Morgan fingerprint density at radius 2 is 1.95 bits per heavy atom. The molecule has 1 saturated heterocycles. The average molecular weight is 314 g/mol. The van der Waals surface area contributed by atoms with Crippen LogP contribution in [0, 0.1) is 16.0 Å². The molecule has 0 aromatic heterocycles. The number of β-amino-alcohol motifs (C(OH)–C–C–N with tert-alkyl or cyclic N) is 1. The zero-order chi connectivity index (χ0) is 15.4. The zero-order valence-electron chi connectivity index (χ0n) is 11.0. The van der Waals surface area contributed by atoms with Crippen LogP contribution in [0.25, 0.3) is 0 Å². The van der Waals surface area contributed by atoms with Gasteiger partial charge in [0.15, 0.2) is 5.75 Å². The lowest BCUT2D eigenvalue weighted by Crippen LogP contribution is -2.64. The molecule has 2 fully saturated rings. The average Bonchev–Trinajstić information content (AvgIpc) is 3.19. The highest BCUT2D eigenvalue weighted by Crippen LogP contribution is 2.46. The van der Waals surface area contributed by atoms with E-state index in [9.17, 15) is 28.7 Å². The summed E-state index contributed by atoms with van der Waals surface area (Å²) in [4.78, 5) is 9.65. The molecule has 1 aromatic rings. The van der Waals surface area contributed by atoms with Gasteiger partial charge >= 0.3 is 5.69 Å². The van der Waals surface area contributed by atoms with Crippen LogP contribution in [0.3, 0.4) is 0 Å². The minimum absolute atomic E-state index is 0.00861. The third-order valence-electron chi connectivity index (χ3n) is 4.02. The Bertz CT molecular complexity index is 706. The lowest BCUT2D eigenvalue weighted by atomic mass is 9.91. The first-order chi connectivity index (χ1) is 9.74. The van der Waals surface area contributed by atoms with E-state index in [1.807, 2.05) is 0 Å². The molecule has 8 nitrogen and oxygen atoms in total. The number of hydrogen-bond acceptors (Lipinski definition) is 6. The van der Waals surface area contributed by atoms with Gasteiger partial charge in [0.05, 0.1) is 15.4 Å². The molecular formula is C12H14N2O6S. The molecule has 2 N–H and O–H groups in total. The number of aromatic hydroxyl groups is 1. The Labute approximate surface area is 120 Å². The van der Waals surface area contributed by atoms with Gasteiger partial charge in [0.25, 0.3) is 0 Å². The van der Waals surface area contributed by atoms with Gasteiger partial charge in [-0.2, -0.15) is 4.31 Å². The van der Waals surface area contributed by atoms with E-state index in [0.717, 1.165) is 35.3 Å². The predicted octanol–water partition coefficient (Wildman–Crippen LogP) is 0.446. The third kappa shape index (κ3) is 2.27. The first kappa shape index (κ1) is 14.2. The summed E-state index contributed by atoms with van der Waals surface area (Å²) in [7, 11) is -3.89. The maximum Gasteiger partial charge on any atom is 0.312 e. The van der Waals surface area contributed by atoms with Crippen molar-refractivity contribution in [3.05, 3.63) is 28.3 Å². The number of sulfonamides is 1. The number of phenols is 1. The second-order valence-corrected chi connectivity index (χ2v) is 7.50. The van der Waals surface area contributed by atoms with Crippen LogP contribution in [0.5, 0.6) is 5.75 Å². The fourth-order valence-electron chi connectivity index (χ4n) is 2.57. The van der Waals surface area contributed by atoms with Crippen LogP contribution in [0.4, 0.5) is 5.69 Å². The third-order valence-corrected chi connectivity index (χ3v) is 5.81. The Morgan fingerprint density at radius 3 is 2.48 bits per heavy atom. The van der Waals surface area contributed by atoms with Crippen LogP contribution >= 0.6 is 0 Å². The van der Waals surface area contributed by atoms with Crippen molar-refractivity contribution in [2.75, 3.05) is 13.1 Å². The van der Waals surface area contributed by atoms with Crippen molar-refractivity contribution in [1.82, 2.24) is 4.31 Å².